The van der Waals surface area contributed by atoms with Gasteiger partial charge in [0.05, 0.1) is 19.8 Å². The zero-order valence-electron chi connectivity index (χ0n) is 8.71. The van der Waals surface area contributed by atoms with Crippen molar-refractivity contribution >= 4 is 0 Å². The minimum Gasteiger partial charge on any atom is -0.380 e. The molecular formula is C10H21NO2. The lowest BCUT2D eigenvalue weighted by Gasteiger charge is -2.04. The van der Waals surface area contributed by atoms with E-state index in [-0.39, 0.29) is 0 Å². The highest BCUT2D eigenvalue weighted by atomic mass is 16.5. The molecule has 0 amide bonds. The zero-order valence-corrected chi connectivity index (χ0v) is 8.71. The van der Waals surface area contributed by atoms with Crippen LogP contribution in [0.2, 0.25) is 0 Å². The van der Waals surface area contributed by atoms with Gasteiger partial charge in [-0.05, 0) is 13.8 Å². The van der Waals surface area contributed by atoms with Crippen LogP contribution >= 0.6 is 0 Å². The fourth-order valence-electron chi connectivity index (χ4n) is 0.806. The molecule has 3 nitrogen and oxygen atoms in total. The van der Waals surface area contributed by atoms with Crippen molar-refractivity contribution in [2.45, 2.75) is 13.8 Å². The van der Waals surface area contributed by atoms with Crippen LogP contribution in [-0.2, 0) is 9.47 Å². The molecule has 0 aliphatic heterocycles. The molecule has 0 rings (SSSR count). The van der Waals surface area contributed by atoms with E-state index in [4.69, 9.17) is 9.47 Å². The van der Waals surface area contributed by atoms with E-state index in [2.05, 4.69) is 5.32 Å². The van der Waals surface area contributed by atoms with Gasteiger partial charge in [0.1, 0.15) is 0 Å². The van der Waals surface area contributed by atoms with Gasteiger partial charge in [-0.15, -0.1) is 0 Å². The monoisotopic (exact) mass is 187 g/mol. The van der Waals surface area contributed by atoms with Gasteiger partial charge in [0.25, 0.3) is 0 Å². The molecule has 1 N–H and O–H groups in total. The van der Waals surface area contributed by atoms with Gasteiger partial charge in [0.2, 0.25) is 0 Å². The molecule has 0 atom stereocenters. The average molecular weight is 187 g/mol. The normalized spacial score (nSPS) is 11.2. The predicted molar refractivity (Wildman–Crippen MR) is 55.0 cm³/mol. The Labute approximate surface area is 81.1 Å². The summed E-state index contributed by atoms with van der Waals surface area (Å²) in [5.41, 5.74) is 0. The molecule has 0 heterocycles. The van der Waals surface area contributed by atoms with Crippen molar-refractivity contribution in [3.8, 4) is 0 Å². The molecule has 0 aromatic carbocycles. The number of allylic oxidation sites excluding steroid dienone is 1. The first kappa shape index (κ1) is 12.6. The topological polar surface area (TPSA) is 30.5 Å². The third-order valence-corrected chi connectivity index (χ3v) is 1.50. The van der Waals surface area contributed by atoms with Gasteiger partial charge in [-0.1, -0.05) is 12.2 Å². The van der Waals surface area contributed by atoms with Crippen molar-refractivity contribution in [3.05, 3.63) is 12.2 Å². The summed E-state index contributed by atoms with van der Waals surface area (Å²) in [5.74, 6) is 0. The molecule has 0 radical (unpaired) electrons. The molecule has 0 spiro atoms. The third-order valence-electron chi connectivity index (χ3n) is 1.50. The lowest BCUT2D eigenvalue weighted by molar-refractivity contribution is 0.139. The van der Waals surface area contributed by atoms with E-state index in [9.17, 15) is 0 Å². The van der Waals surface area contributed by atoms with Crippen LogP contribution in [0.5, 0.6) is 0 Å². The Kier molecular flexibility index (Phi) is 11.3. The number of hydrogen-bond donors (Lipinski definition) is 1. The van der Waals surface area contributed by atoms with Gasteiger partial charge < -0.3 is 14.8 Å². The smallest absolute Gasteiger partial charge is 0.0647 e. The first-order valence-corrected chi connectivity index (χ1v) is 4.89. The molecule has 0 unspecified atom stereocenters. The predicted octanol–water partition coefficient (Wildman–Crippen LogP) is 1.21. The minimum atomic E-state index is 0.712. The molecule has 0 aromatic rings. The Balaban J connectivity index is 2.83. The molecule has 3 heteroatoms. The molecule has 0 aliphatic rings. The highest BCUT2D eigenvalue weighted by molar-refractivity contribution is 4.75. The molecule has 13 heavy (non-hydrogen) atoms. The van der Waals surface area contributed by atoms with Gasteiger partial charge in [-0.3, -0.25) is 0 Å². The van der Waals surface area contributed by atoms with Crippen molar-refractivity contribution in [3.63, 3.8) is 0 Å². The first-order chi connectivity index (χ1) is 6.41. The summed E-state index contributed by atoms with van der Waals surface area (Å²) in [6, 6.07) is 0. The summed E-state index contributed by atoms with van der Waals surface area (Å²) in [6.45, 7) is 8.83. The lowest BCUT2D eigenvalue weighted by Crippen LogP contribution is -2.24. The van der Waals surface area contributed by atoms with Crippen LogP contribution in [0.1, 0.15) is 13.8 Å². The fraction of sp³-hybridized carbons (Fsp3) is 0.800. The molecule has 0 aromatic heterocycles. The molecule has 0 bridgehead atoms. The van der Waals surface area contributed by atoms with Crippen LogP contribution in [0.4, 0.5) is 0 Å². The van der Waals surface area contributed by atoms with E-state index >= 15 is 0 Å². The van der Waals surface area contributed by atoms with Crippen LogP contribution in [0, 0.1) is 0 Å². The SMILES string of the molecule is CC=CCOCCNCCOCC. The molecular weight excluding hydrogens is 166 g/mol. The summed E-state index contributed by atoms with van der Waals surface area (Å²) in [4.78, 5) is 0. The van der Waals surface area contributed by atoms with Crippen LogP contribution < -0.4 is 5.32 Å². The standard InChI is InChI=1S/C10H21NO2/c1-3-5-8-13-10-7-11-6-9-12-4-2/h3,5,11H,4,6-10H2,1-2H3. The third kappa shape index (κ3) is 11.6. The second kappa shape index (κ2) is 11.6. The van der Waals surface area contributed by atoms with Crippen molar-refractivity contribution in [2.24, 2.45) is 0 Å². The van der Waals surface area contributed by atoms with E-state index in [1.54, 1.807) is 0 Å². The first-order valence-electron chi connectivity index (χ1n) is 4.89. The fourth-order valence-corrected chi connectivity index (χ4v) is 0.806. The summed E-state index contributed by atoms with van der Waals surface area (Å²) >= 11 is 0. The van der Waals surface area contributed by atoms with Crippen molar-refractivity contribution < 1.29 is 9.47 Å². The zero-order chi connectivity index (χ0) is 9.78. The second-order valence-corrected chi connectivity index (χ2v) is 2.59. The number of rotatable bonds is 9. The highest BCUT2D eigenvalue weighted by Gasteiger charge is 1.87. The number of hydrogen-bond acceptors (Lipinski definition) is 3. The lowest BCUT2D eigenvalue weighted by atomic mass is 10.5. The Bertz CT molecular complexity index is 115. The maximum absolute atomic E-state index is 5.29. The van der Waals surface area contributed by atoms with E-state index in [1.807, 2.05) is 26.0 Å². The Morgan fingerprint density at radius 2 is 1.85 bits per heavy atom. The van der Waals surface area contributed by atoms with Crippen molar-refractivity contribution in [1.82, 2.24) is 5.32 Å². The largest absolute Gasteiger partial charge is 0.380 e. The Morgan fingerprint density at radius 1 is 1.15 bits per heavy atom. The Hall–Kier alpha value is -0.380. The number of nitrogens with one attached hydrogen (secondary N) is 1. The molecule has 0 aliphatic carbocycles. The van der Waals surface area contributed by atoms with Crippen LogP contribution in [-0.4, -0.2) is 39.5 Å². The minimum absolute atomic E-state index is 0.712. The van der Waals surface area contributed by atoms with Crippen LogP contribution in [0.15, 0.2) is 12.2 Å². The summed E-state index contributed by atoms with van der Waals surface area (Å²) in [7, 11) is 0. The number of ether oxygens (including phenoxy) is 2. The summed E-state index contributed by atoms with van der Waals surface area (Å²) < 4.78 is 10.5. The second-order valence-electron chi connectivity index (χ2n) is 2.59. The molecule has 78 valence electrons. The van der Waals surface area contributed by atoms with Crippen molar-refractivity contribution in [1.29, 1.82) is 0 Å². The average Bonchev–Trinajstić information content (AvgIpc) is 2.16. The highest BCUT2D eigenvalue weighted by Crippen LogP contribution is 1.76. The van der Waals surface area contributed by atoms with Gasteiger partial charge in [-0.2, -0.15) is 0 Å². The summed E-state index contributed by atoms with van der Waals surface area (Å²) in [5, 5.41) is 3.22. The molecule has 0 saturated heterocycles. The van der Waals surface area contributed by atoms with Crippen molar-refractivity contribution in [2.75, 3.05) is 39.5 Å². The van der Waals surface area contributed by atoms with E-state index in [1.165, 1.54) is 0 Å². The van der Waals surface area contributed by atoms with E-state index in [0.717, 1.165) is 32.9 Å². The van der Waals surface area contributed by atoms with Gasteiger partial charge >= 0.3 is 0 Å². The van der Waals surface area contributed by atoms with Gasteiger partial charge in [0.15, 0.2) is 0 Å². The maximum atomic E-state index is 5.29. The quantitative estimate of drug-likeness (QED) is 0.434. The summed E-state index contributed by atoms with van der Waals surface area (Å²) in [6.07, 6.45) is 3.99. The Morgan fingerprint density at radius 3 is 2.46 bits per heavy atom. The van der Waals surface area contributed by atoms with Gasteiger partial charge in [-0.25, -0.2) is 0 Å². The maximum Gasteiger partial charge on any atom is 0.0647 e. The van der Waals surface area contributed by atoms with E-state index in [0.29, 0.717) is 6.61 Å². The van der Waals surface area contributed by atoms with Gasteiger partial charge in [0, 0.05) is 19.7 Å². The van der Waals surface area contributed by atoms with Crippen LogP contribution in [0.3, 0.4) is 0 Å². The van der Waals surface area contributed by atoms with Crippen LogP contribution in [0.25, 0.3) is 0 Å². The van der Waals surface area contributed by atoms with E-state index < -0.39 is 0 Å². The molecule has 0 saturated carbocycles. The molecule has 0 fully saturated rings.